The first kappa shape index (κ1) is 17.1. The van der Waals surface area contributed by atoms with Gasteiger partial charge in [0.1, 0.15) is 22.1 Å². The van der Waals surface area contributed by atoms with Gasteiger partial charge in [0.05, 0.1) is 25.7 Å². The fraction of sp³-hybridized carbons (Fsp3) is 0.500. The van der Waals surface area contributed by atoms with Gasteiger partial charge >= 0.3 is 0 Å². The average molecular weight is 345 g/mol. The number of alkyl halides is 2. The topological polar surface area (TPSA) is 52.6 Å². The average Bonchev–Trinajstić information content (AvgIpc) is 2.53. The quantitative estimate of drug-likeness (QED) is 0.464. The van der Waals surface area contributed by atoms with Crippen LogP contribution in [-0.4, -0.2) is 30.6 Å². The molecule has 0 heterocycles. The predicted molar refractivity (Wildman–Crippen MR) is 85.2 cm³/mol. The summed E-state index contributed by atoms with van der Waals surface area (Å²) in [6.45, 7) is 0. The Morgan fingerprint density at radius 2 is 2.00 bits per heavy atom. The lowest BCUT2D eigenvalue weighted by Gasteiger charge is -2.30. The zero-order chi connectivity index (χ0) is 16.3. The lowest BCUT2D eigenvalue weighted by atomic mass is 9.75. The van der Waals surface area contributed by atoms with Gasteiger partial charge in [0.2, 0.25) is 0 Å². The van der Waals surface area contributed by atoms with Gasteiger partial charge in [-0.15, -0.1) is 23.2 Å². The predicted octanol–water partition coefficient (Wildman–Crippen LogP) is 3.68. The molecular weight excluding hydrogens is 327 g/mol. The van der Waals surface area contributed by atoms with E-state index in [4.69, 9.17) is 32.7 Å². The number of ketones is 2. The van der Waals surface area contributed by atoms with Crippen molar-refractivity contribution in [2.75, 3.05) is 14.2 Å². The molecule has 22 heavy (non-hydrogen) atoms. The number of carbonyl (C=O) groups is 2. The van der Waals surface area contributed by atoms with E-state index in [1.807, 2.05) is 0 Å². The molecule has 2 rings (SSSR count). The summed E-state index contributed by atoms with van der Waals surface area (Å²) in [4.78, 5) is 24.3. The molecule has 0 bridgehead atoms. The van der Waals surface area contributed by atoms with Crippen LogP contribution < -0.4 is 9.47 Å². The molecule has 0 saturated heterocycles. The molecule has 1 aromatic rings. The van der Waals surface area contributed by atoms with Gasteiger partial charge in [0.25, 0.3) is 0 Å². The number of benzene rings is 1. The third-order valence-corrected chi connectivity index (χ3v) is 4.66. The molecule has 4 nitrogen and oxygen atoms in total. The number of Topliss-reactive ketones (excluding diaryl/α,β-unsaturated/α-hetero) is 2. The van der Waals surface area contributed by atoms with E-state index >= 15 is 0 Å². The van der Waals surface area contributed by atoms with Gasteiger partial charge in [0, 0.05) is 18.4 Å². The minimum Gasteiger partial charge on any atom is -0.497 e. The third kappa shape index (κ3) is 3.39. The van der Waals surface area contributed by atoms with Crippen molar-refractivity contribution < 1.29 is 19.1 Å². The first-order valence-corrected chi connectivity index (χ1v) is 7.94. The van der Waals surface area contributed by atoms with Crippen molar-refractivity contribution in [1.29, 1.82) is 0 Å². The fourth-order valence-corrected chi connectivity index (χ4v) is 3.40. The number of carbonyl (C=O) groups excluding carboxylic acids is 2. The van der Waals surface area contributed by atoms with Crippen LogP contribution in [0, 0.1) is 11.8 Å². The van der Waals surface area contributed by atoms with Crippen LogP contribution in [0.25, 0.3) is 0 Å². The minimum atomic E-state index is -0.809. The number of hydrogen-bond donors (Lipinski definition) is 0. The summed E-state index contributed by atoms with van der Waals surface area (Å²) < 4.78 is 10.4. The lowest BCUT2D eigenvalue weighted by Crippen LogP contribution is -2.38. The zero-order valence-corrected chi connectivity index (χ0v) is 14.0. The van der Waals surface area contributed by atoms with Crippen LogP contribution in [0.2, 0.25) is 0 Å². The van der Waals surface area contributed by atoms with Crippen molar-refractivity contribution in [2.45, 2.75) is 24.1 Å². The summed E-state index contributed by atoms with van der Waals surface area (Å²) in [5, 5.41) is 0. The van der Waals surface area contributed by atoms with Crippen LogP contribution in [0.1, 0.15) is 29.6 Å². The van der Waals surface area contributed by atoms with Crippen molar-refractivity contribution in [3.05, 3.63) is 23.8 Å². The molecule has 0 aliphatic heterocycles. The van der Waals surface area contributed by atoms with E-state index in [0.717, 1.165) is 0 Å². The Kier molecular flexibility index (Phi) is 5.70. The zero-order valence-electron chi connectivity index (χ0n) is 12.5. The summed E-state index contributed by atoms with van der Waals surface area (Å²) >= 11 is 12.0. The minimum absolute atomic E-state index is 0.106. The first-order chi connectivity index (χ1) is 10.5. The molecule has 1 aliphatic rings. The van der Waals surface area contributed by atoms with Crippen molar-refractivity contribution >= 4 is 34.8 Å². The maximum atomic E-state index is 12.8. The molecule has 120 valence electrons. The van der Waals surface area contributed by atoms with E-state index in [0.29, 0.717) is 36.3 Å². The Labute approximate surface area is 139 Å². The van der Waals surface area contributed by atoms with E-state index in [1.165, 1.54) is 14.2 Å². The Morgan fingerprint density at radius 1 is 1.27 bits per heavy atom. The largest absolute Gasteiger partial charge is 0.497 e. The molecule has 2 atom stereocenters. The van der Waals surface area contributed by atoms with Gasteiger partial charge < -0.3 is 9.47 Å². The van der Waals surface area contributed by atoms with Crippen LogP contribution in [0.4, 0.5) is 0 Å². The molecule has 1 fully saturated rings. The van der Waals surface area contributed by atoms with Crippen molar-refractivity contribution in [2.24, 2.45) is 11.8 Å². The summed E-state index contributed by atoms with van der Waals surface area (Å²) in [6.07, 6.45) is 1.76. The van der Waals surface area contributed by atoms with Crippen LogP contribution in [0.3, 0.4) is 0 Å². The molecular formula is C16H18Cl2O4. The molecule has 1 aliphatic carbocycles. The summed E-state index contributed by atoms with van der Waals surface area (Å²) in [7, 11) is 3.00. The highest BCUT2D eigenvalue weighted by molar-refractivity contribution is 6.44. The summed E-state index contributed by atoms with van der Waals surface area (Å²) in [6, 6.07) is 4.89. The lowest BCUT2D eigenvalue weighted by molar-refractivity contribution is -0.124. The van der Waals surface area contributed by atoms with E-state index in [9.17, 15) is 9.59 Å². The van der Waals surface area contributed by atoms with Gasteiger partial charge in [-0.05, 0) is 25.0 Å². The van der Waals surface area contributed by atoms with Crippen molar-refractivity contribution in [3.8, 4) is 11.5 Å². The smallest absolute Gasteiger partial charge is 0.177 e. The van der Waals surface area contributed by atoms with Gasteiger partial charge in [-0.1, -0.05) is 0 Å². The third-order valence-electron chi connectivity index (χ3n) is 4.02. The van der Waals surface area contributed by atoms with Crippen molar-refractivity contribution in [3.63, 3.8) is 0 Å². The standard InChI is InChI=1S/C16H18Cl2O4/c1-21-9-6-7-10(13(8-9)22-2)15(20)14-11(16(17)18)4-3-5-12(14)19/h6-8,11,14,16H,3-5H2,1-2H3/t11-,14+/m1/s1. The molecule has 1 saturated carbocycles. The van der Waals surface area contributed by atoms with Crippen LogP contribution in [0.5, 0.6) is 11.5 Å². The summed E-state index contributed by atoms with van der Waals surface area (Å²) in [5.41, 5.74) is 0.350. The molecule has 0 N–H and O–H groups in total. The highest BCUT2D eigenvalue weighted by Crippen LogP contribution is 2.38. The molecule has 0 aromatic heterocycles. The molecule has 1 aromatic carbocycles. The highest BCUT2D eigenvalue weighted by Gasteiger charge is 2.41. The molecule has 0 amide bonds. The Bertz CT molecular complexity index is 571. The SMILES string of the molecule is COc1ccc(C(=O)[C@@H]2C(=O)CCC[C@H]2C(Cl)Cl)c(OC)c1. The number of hydrogen-bond acceptors (Lipinski definition) is 4. The van der Waals surface area contributed by atoms with Gasteiger partial charge in [-0.25, -0.2) is 0 Å². The molecule has 0 radical (unpaired) electrons. The fourth-order valence-electron chi connectivity index (χ4n) is 2.85. The highest BCUT2D eigenvalue weighted by atomic mass is 35.5. The van der Waals surface area contributed by atoms with Gasteiger partial charge in [0.15, 0.2) is 5.78 Å². The monoisotopic (exact) mass is 344 g/mol. The molecule has 0 unspecified atom stereocenters. The van der Waals surface area contributed by atoms with Crippen LogP contribution in [0.15, 0.2) is 18.2 Å². The number of rotatable bonds is 5. The summed E-state index contributed by atoms with van der Waals surface area (Å²) in [5.74, 6) is -0.611. The van der Waals surface area contributed by atoms with Gasteiger partial charge in [-0.2, -0.15) is 0 Å². The first-order valence-electron chi connectivity index (χ1n) is 7.06. The van der Waals surface area contributed by atoms with Crippen molar-refractivity contribution in [1.82, 2.24) is 0 Å². The number of ether oxygens (including phenoxy) is 2. The Hall–Kier alpha value is -1.26. The van der Waals surface area contributed by atoms with Crippen LogP contribution in [-0.2, 0) is 4.79 Å². The van der Waals surface area contributed by atoms with E-state index in [2.05, 4.69) is 0 Å². The van der Waals surface area contributed by atoms with Crippen LogP contribution >= 0.6 is 23.2 Å². The normalized spacial score (nSPS) is 21.8. The second kappa shape index (κ2) is 7.34. The number of halogens is 2. The number of methoxy groups -OCH3 is 2. The van der Waals surface area contributed by atoms with E-state index < -0.39 is 10.8 Å². The van der Waals surface area contributed by atoms with Gasteiger partial charge in [-0.3, -0.25) is 9.59 Å². The second-order valence-electron chi connectivity index (χ2n) is 5.26. The Balaban J connectivity index is 2.38. The Morgan fingerprint density at radius 3 is 2.59 bits per heavy atom. The van der Waals surface area contributed by atoms with E-state index in [-0.39, 0.29) is 17.5 Å². The van der Waals surface area contributed by atoms with E-state index in [1.54, 1.807) is 18.2 Å². The molecule has 0 spiro atoms. The maximum Gasteiger partial charge on any atom is 0.177 e. The molecule has 6 heteroatoms. The maximum absolute atomic E-state index is 12.8. The second-order valence-corrected chi connectivity index (χ2v) is 6.43.